The summed E-state index contributed by atoms with van der Waals surface area (Å²) in [5.74, 6) is 0.525. The Bertz CT molecular complexity index is 470. The summed E-state index contributed by atoms with van der Waals surface area (Å²) in [4.78, 5) is 31.0. The third kappa shape index (κ3) is 15.9. The number of aliphatic hydroxyl groups is 4. The van der Waals surface area contributed by atoms with E-state index in [0.29, 0.717) is 5.95 Å². The Morgan fingerprint density at radius 1 is 1.32 bits per heavy atom. The molecule has 12 heteroatoms. The third-order valence-electron chi connectivity index (χ3n) is 2.76. The maximum Gasteiger partial charge on any atom is 0.314 e. The number of aryl methyl sites for hydroxylation is 1. The molecule has 0 aliphatic rings. The Labute approximate surface area is 146 Å². The fraction of sp³-hybridized carbons (Fsp3) is 0.692. The van der Waals surface area contributed by atoms with Gasteiger partial charge in [0.05, 0.1) is 12.3 Å². The second kappa shape index (κ2) is 16.2. The average Bonchev–Trinajstić information content (AvgIpc) is 2.98. The number of hydrogen-bond acceptors (Lipinski definition) is 8. The van der Waals surface area contributed by atoms with Crippen molar-refractivity contribution in [3.8, 4) is 0 Å². The van der Waals surface area contributed by atoms with Gasteiger partial charge in [-0.05, 0) is 12.8 Å². The minimum absolute atomic E-state index is 0.0869. The van der Waals surface area contributed by atoms with Gasteiger partial charge in [-0.25, -0.2) is 4.98 Å². The molecule has 0 spiro atoms. The van der Waals surface area contributed by atoms with Crippen LogP contribution >= 0.6 is 8.25 Å². The number of hydrogen-bond donors (Lipinski definition) is 8. The molecule has 3 unspecified atom stereocenters. The van der Waals surface area contributed by atoms with E-state index in [2.05, 4.69) is 16.9 Å². The van der Waals surface area contributed by atoms with E-state index in [1.807, 2.05) is 6.20 Å². The highest BCUT2D eigenvalue weighted by atomic mass is 31.1. The lowest BCUT2D eigenvalue weighted by Gasteiger charge is -2.16. The Morgan fingerprint density at radius 2 is 1.88 bits per heavy atom. The topological polar surface area (TPSA) is 210 Å². The number of nitrogens with two attached hydrogens (primary N) is 1. The predicted octanol–water partition coefficient (Wildman–Crippen LogP) is -1.65. The van der Waals surface area contributed by atoms with E-state index in [1.54, 1.807) is 0 Å². The third-order valence-corrected chi connectivity index (χ3v) is 2.76. The van der Waals surface area contributed by atoms with Gasteiger partial charge in [0.2, 0.25) is 0 Å². The van der Waals surface area contributed by atoms with Gasteiger partial charge in [0.25, 0.3) is 0 Å². The monoisotopic (exact) mass is 385 g/mol. The van der Waals surface area contributed by atoms with Crippen LogP contribution in [-0.4, -0.2) is 71.4 Å². The van der Waals surface area contributed by atoms with Crippen LogP contribution in [0.15, 0.2) is 6.20 Å². The molecule has 25 heavy (non-hydrogen) atoms. The molecule has 1 heterocycles. The first-order chi connectivity index (χ1) is 11.7. The summed E-state index contributed by atoms with van der Waals surface area (Å²) < 4.78 is 8.74. The van der Waals surface area contributed by atoms with Gasteiger partial charge in [-0.3, -0.25) is 4.57 Å². The minimum atomic E-state index is -3.13. The number of carbonyl (C=O) groups excluding carboxylic acids is 1. The zero-order valence-corrected chi connectivity index (χ0v) is 14.9. The maximum atomic E-state index is 9.76. The SMILES string of the molecule is CCCCCc1c[nH]c(N)n1.O=CC(O)C(O)C(O)CO.O=[PH](O)O. The Morgan fingerprint density at radius 3 is 2.24 bits per heavy atom. The number of unbranched alkanes of at least 4 members (excludes halogenated alkanes) is 2. The number of H-pyrrole nitrogens is 1. The highest BCUT2D eigenvalue weighted by Gasteiger charge is 2.22. The zero-order chi connectivity index (χ0) is 19.8. The molecule has 0 aromatic carbocycles. The van der Waals surface area contributed by atoms with Crippen molar-refractivity contribution in [2.75, 3.05) is 12.3 Å². The lowest BCUT2D eigenvalue weighted by atomic mass is 10.1. The molecule has 1 aromatic rings. The zero-order valence-electron chi connectivity index (χ0n) is 13.9. The van der Waals surface area contributed by atoms with Crippen molar-refractivity contribution >= 4 is 20.5 Å². The van der Waals surface area contributed by atoms with Crippen LogP contribution in [0.1, 0.15) is 31.9 Å². The first-order valence-corrected chi connectivity index (χ1v) is 8.81. The maximum absolute atomic E-state index is 9.76. The fourth-order valence-electron chi connectivity index (χ4n) is 1.48. The number of rotatable bonds is 8. The lowest BCUT2D eigenvalue weighted by Crippen LogP contribution is -2.40. The van der Waals surface area contributed by atoms with Gasteiger partial charge >= 0.3 is 8.25 Å². The van der Waals surface area contributed by atoms with Gasteiger partial charge in [-0.1, -0.05) is 19.8 Å². The Hall–Kier alpha value is -1.33. The van der Waals surface area contributed by atoms with E-state index in [1.165, 1.54) is 19.3 Å². The Kier molecular flexibility index (Phi) is 16.7. The normalized spacial score (nSPS) is 13.8. The van der Waals surface area contributed by atoms with Crippen LogP contribution in [0.3, 0.4) is 0 Å². The van der Waals surface area contributed by atoms with E-state index >= 15 is 0 Å². The summed E-state index contributed by atoms with van der Waals surface area (Å²) in [5.41, 5.74) is 6.50. The van der Waals surface area contributed by atoms with Crippen LogP contribution in [0.5, 0.6) is 0 Å². The number of carbonyl (C=O) groups is 1. The van der Waals surface area contributed by atoms with Crippen molar-refractivity contribution in [3.63, 3.8) is 0 Å². The molecule has 0 aliphatic heterocycles. The molecule has 11 nitrogen and oxygen atoms in total. The second-order valence-corrected chi connectivity index (χ2v) is 5.45. The number of imidazole rings is 1. The fourth-order valence-corrected chi connectivity index (χ4v) is 1.48. The van der Waals surface area contributed by atoms with Crippen LogP contribution < -0.4 is 5.73 Å². The van der Waals surface area contributed by atoms with Gasteiger partial charge in [-0.15, -0.1) is 0 Å². The molecule has 1 rings (SSSR count). The molecule has 0 bridgehead atoms. The van der Waals surface area contributed by atoms with Crippen molar-refractivity contribution in [2.45, 2.75) is 50.9 Å². The highest BCUT2D eigenvalue weighted by molar-refractivity contribution is 7.30. The number of nitrogens with zero attached hydrogens (tertiary/aromatic N) is 1. The van der Waals surface area contributed by atoms with E-state index in [0.717, 1.165) is 12.1 Å². The molecule has 0 amide bonds. The van der Waals surface area contributed by atoms with Gasteiger partial charge in [0, 0.05) is 6.20 Å². The smallest absolute Gasteiger partial charge is 0.314 e. The van der Waals surface area contributed by atoms with E-state index < -0.39 is 33.2 Å². The van der Waals surface area contributed by atoms with Crippen molar-refractivity contribution in [3.05, 3.63) is 11.9 Å². The molecule has 0 aliphatic carbocycles. The van der Waals surface area contributed by atoms with Crippen LogP contribution in [0.25, 0.3) is 0 Å². The van der Waals surface area contributed by atoms with Crippen molar-refractivity contribution in [1.82, 2.24) is 9.97 Å². The van der Waals surface area contributed by atoms with Crippen LogP contribution in [0.2, 0.25) is 0 Å². The quantitative estimate of drug-likeness (QED) is 0.145. The molecular weight excluding hydrogens is 357 g/mol. The highest BCUT2D eigenvalue weighted by Crippen LogP contribution is 2.04. The molecule has 0 saturated heterocycles. The predicted molar refractivity (Wildman–Crippen MR) is 90.8 cm³/mol. The molecule has 0 saturated carbocycles. The van der Waals surface area contributed by atoms with Crippen molar-refractivity contribution in [1.29, 1.82) is 0 Å². The summed E-state index contributed by atoms with van der Waals surface area (Å²) in [5, 5.41) is 34.1. The first kappa shape index (κ1) is 25.9. The van der Waals surface area contributed by atoms with Crippen LogP contribution in [-0.2, 0) is 15.8 Å². The van der Waals surface area contributed by atoms with Crippen LogP contribution in [0.4, 0.5) is 5.95 Å². The molecule has 0 radical (unpaired) electrons. The number of nitrogens with one attached hydrogen (secondary N) is 1. The summed E-state index contributed by atoms with van der Waals surface area (Å²) >= 11 is 0. The number of aromatic amines is 1. The second-order valence-electron chi connectivity index (χ2n) is 4.88. The number of aliphatic hydroxyl groups excluding tert-OH is 4. The van der Waals surface area contributed by atoms with Gasteiger partial charge in [0.15, 0.2) is 12.2 Å². The number of nitrogen functional groups attached to an aromatic ring is 1. The number of aldehydes is 1. The van der Waals surface area contributed by atoms with Gasteiger partial charge in [0.1, 0.15) is 18.3 Å². The van der Waals surface area contributed by atoms with Crippen molar-refractivity contribution in [2.24, 2.45) is 0 Å². The summed E-state index contributed by atoms with van der Waals surface area (Å²) in [6, 6.07) is 0. The molecule has 9 N–H and O–H groups in total. The standard InChI is InChI=1S/C8H15N3.C5H10O5.H3O3P/c1-2-3-4-5-7-6-10-8(9)11-7;6-1-3(8)5(10)4(9)2-7;1-4(2)3/h6H,2-5H2,1H3,(H3,9,10,11);1,3-5,7-10H,2H2;4H,(H2,1,2,3). The summed E-state index contributed by atoms with van der Waals surface area (Å²) in [6.07, 6.45) is 2.02. The minimum Gasteiger partial charge on any atom is -0.394 e. The Balaban J connectivity index is 0. The van der Waals surface area contributed by atoms with E-state index in [-0.39, 0.29) is 6.29 Å². The number of aromatic nitrogens is 2. The lowest BCUT2D eigenvalue weighted by molar-refractivity contribution is -0.127. The summed E-state index contributed by atoms with van der Waals surface area (Å²) in [6.45, 7) is 1.50. The molecule has 3 atom stereocenters. The van der Waals surface area contributed by atoms with E-state index in [4.69, 9.17) is 40.5 Å². The van der Waals surface area contributed by atoms with Crippen LogP contribution in [0, 0.1) is 0 Å². The first-order valence-electron chi connectivity index (χ1n) is 7.51. The molecule has 0 fully saturated rings. The van der Waals surface area contributed by atoms with Gasteiger partial charge in [-0.2, -0.15) is 0 Å². The van der Waals surface area contributed by atoms with Crippen molar-refractivity contribution < 1.29 is 39.6 Å². The molecular formula is C13H28N3O8P. The largest absolute Gasteiger partial charge is 0.394 e. The average molecular weight is 385 g/mol. The van der Waals surface area contributed by atoms with Gasteiger partial charge < -0.3 is 45.7 Å². The summed E-state index contributed by atoms with van der Waals surface area (Å²) in [7, 11) is -3.13. The molecule has 1 aromatic heterocycles. The molecule has 148 valence electrons. The number of anilines is 1. The van der Waals surface area contributed by atoms with E-state index in [9.17, 15) is 4.79 Å².